The van der Waals surface area contributed by atoms with E-state index in [-0.39, 0.29) is 37.7 Å². The van der Waals surface area contributed by atoms with Crippen molar-refractivity contribution < 1.29 is 27.5 Å². The summed E-state index contributed by atoms with van der Waals surface area (Å²) in [5.41, 5.74) is 1.07. The first-order chi connectivity index (χ1) is 17.5. The standard InChI is InChI=1S/C25H31Cl2N3O6S/c1-4-21(25(32)28-2)29(16-17-7-8-18(26)14-20(17)27)24(31)6-5-11-30(37(3,33)34)19-9-10-22-23(15-19)36-13-12-35-22/h7-10,14-15,21H,4-6,11-13,16H2,1-3H3,(H,28,32)/t21-/m0/s1. The van der Waals surface area contributed by atoms with Crippen LogP contribution in [0.15, 0.2) is 36.4 Å². The van der Waals surface area contributed by atoms with E-state index >= 15 is 0 Å². The number of anilines is 1. The fourth-order valence-corrected chi connectivity index (χ4v) is 5.54. The Morgan fingerprint density at radius 2 is 1.78 bits per heavy atom. The maximum atomic E-state index is 13.4. The molecular weight excluding hydrogens is 541 g/mol. The van der Waals surface area contributed by atoms with Crippen LogP contribution < -0.4 is 19.1 Å². The molecule has 0 spiro atoms. The van der Waals surface area contributed by atoms with Crippen LogP contribution in [0.1, 0.15) is 31.7 Å². The number of sulfonamides is 1. The molecular formula is C25H31Cl2N3O6S. The predicted octanol–water partition coefficient (Wildman–Crippen LogP) is 3.86. The van der Waals surface area contributed by atoms with Crippen LogP contribution >= 0.6 is 23.2 Å². The molecule has 1 N–H and O–H groups in total. The van der Waals surface area contributed by atoms with Crippen LogP contribution in [0.4, 0.5) is 5.69 Å². The monoisotopic (exact) mass is 571 g/mol. The molecule has 202 valence electrons. The third kappa shape index (κ3) is 7.43. The molecule has 37 heavy (non-hydrogen) atoms. The molecule has 1 aliphatic rings. The second kappa shape index (κ2) is 12.7. The third-order valence-corrected chi connectivity index (χ3v) is 7.74. The smallest absolute Gasteiger partial charge is 0.242 e. The first-order valence-corrected chi connectivity index (χ1v) is 14.5. The van der Waals surface area contributed by atoms with Crippen LogP contribution in [0.5, 0.6) is 11.5 Å². The van der Waals surface area contributed by atoms with Gasteiger partial charge in [0.05, 0.1) is 11.9 Å². The fourth-order valence-electron chi connectivity index (χ4n) is 4.11. The summed E-state index contributed by atoms with van der Waals surface area (Å²) in [5, 5.41) is 3.46. The molecule has 2 amide bonds. The summed E-state index contributed by atoms with van der Waals surface area (Å²) in [4.78, 5) is 27.4. The molecule has 3 rings (SSSR count). The lowest BCUT2D eigenvalue weighted by Gasteiger charge is -2.31. The van der Waals surface area contributed by atoms with Gasteiger partial charge in [-0.15, -0.1) is 0 Å². The lowest BCUT2D eigenvalue weighted by atomic mass is 10.1. The zero-order valence-electron chi connectivity index (χ0n) is 21.0. The molecule has 9 nitrogen and oxygen atoms in total. The van der Waals surface area contributed by atoms with Crippen molar-refractivity contribution in [2.75, 3.05) is 37.4 Å². The minimum atomic E-state index is -3.64. The van der Waals surface area contributed by atoms with E-state index in [2.05, 4.69) is 5.32 Å². The fraction of sp³-hybridized carbons (Fsp3) is 0.440. The van der Waals surface area contributed by atoms with E-state index in [1.54, 1.807) is 36.4 Å². The number of hydrogen-bond donors (Lipinski definition) is 1. The maximum absolute atomic E-state index is 13.4. The summed E-state index contributed by atoms with van der Waals surface area (Å²) < 4.78 is 37.5. The van der Waals surface area contributed by atoms with Crippen molar-refractivity contribution in [1.82, 2.24) is 10.2 Å². The number of nitrogens with one attached hydrogen (secondary N) is 1. The van der Waals surface area contributed by atoms with Gasteiger partial charge in [-0.1, -0.05) is 36.2 Å². The number of likely N-dealkylation sites (N-methyl/N-ethyl adjacent to an activating group) is 1. The van der Waals surface area contributed by atoms with E-state index in [1.165, 1.54) is 16.3 Å². The Labute approximate surface area is 227 Å². The lowest BCUT2D eigenvalue weighted by Crippen LogP contribution is -2.48. The van der Waals surface area contributed by atoms with E-state index in [0.29, 0.717) is 52.4 Å². The van der Waals surface area contributed by atoms with Gasteiger partial charge in [0.15, 0.2) is 11.5 Å². The highest BCUT2D eigenvalue weighted by Gasteiger charge is 2.29. The summed E-state index contributed by atoms with van der Waals surface area (Å²) in [6.45, 7) is 2.80. The number of ether oxygens (including phenoxy) is 2. The van der Waals surface area contributed by atoms with E-state index in [0.717, 1.165) is 6.26 Å². The van der Waals surface area contributed by atoms with Crippen molar-refractivity contribution in [3.8, 4) is 11.5 Å². The first-order valence-electron chi connectivity index (χ1n) is 11.9. The van der Waals surface area contributed by atoms with Crippen molar-refractivity contribution >= 4 is 50.7 Å². The molecule has 0 saturated heterocycles. The van der Waals surface area contributed by atoms with Crippen LogP contribution in [0.25, 0.3) is 0 Å². The molecule has 12 heteroatoms. The number of halogens is 2. The number of amides is 2. The van der Waals surface area contributed by atoms with Crippen LogP contribution in [-0.4, -0.2) is 64.2 Å². The van der Waals surface area contributed by atoms with Crippen LogP contribution in [0, 0.1) is 0 Å². The minimum Gasteiger partial charge on any atom is -0.486 e. The van der Waals surface area contributed by atoms with Gasteiger partial charge in [0, 0.05) is 42.7 Å². The Morgan fingerprint density at radius 1 is 1.08 bits per heavy atom. The van der Waals surface area contributed by atoms with Gasteiger partial charge >= 0.3 is 0 Å². The number of carbonyl (C=O) groups is 2. The highest BCUT2D eigenvalue weighted by molar-refractivity contribution is 7.92. The highest BCUT2D eigenvalue weighted by atomic mass is 35.5. The predicted molar refractivity (Wildman–Crippen MR) is 144 cm³/mol. The van der Waals surface area contributed by atoms with Gasteiger partial charge in [-0.3, -0.25) is 13.9 Å². The average molecular weight is 573 g/mol. The summed E-state index contributed by atoms with van der Waals surface area (Å²) in [7, 11) is -2.13. The van der Waals surface area contributed by atoms with Gasteiger partial charge in [-0.05, 0) is 42.7 Å². The van der Waals surface area contributed by atoms with Crippen LogP contribution in [0.2, 0.25) is 10.0 Å². The van der Waals surface area contributed by atoms with Crippen LogP contribution in [-0.2, 0) is 26.2 Å². The Hall–Kier alpha value is -2.69. The maximum Gasteiger partial charge on any atom is 0.242 e. The van der Waals surface area contributed by atoms with Crippen molar-refractivity contribution in [1.29, 1.82) is 0 Å². The summed E-state index contributed by atoms with van der Waals surface area (Å²) in [5.74, 6) is 0.429. The van der Waals surface area contributed by atoms with Crippen molar-refractivity contribution in [2.45, 2.75) is 38.8 Å². The van der Waals surface area contributed by atoms with Crippen molar-refractivity contribution in [3.05, 3.63) is 52.0 Å². The zero-order chi connectivity index (χ0) is 27.2. The number of benzene rings is 2. The van der Waals surface area contributed by atoms with Gasteiger partial charge < -0.3 is 19.7 Å². The lowest BCUT2D eigenvalue weighted by molar-refractivity contribution is -0.141. The minimum absolute atomic E-state index is 0.0231. The molecule has 0 fully saturated rings. The van der Waals surface area contributed by atoms with Crippen LogP contribution in [0.3, 0.4) is 0 Å². The quantitative estimate of drug-likeness (QED) is 0.439. The SMILES string of the molecule is CC[C@@H](C(=O)NC)N(Cc1ccc(Cl)cc1Cl)C(=O)CCCN(c1ccc2c(c1)OCCO2)S(C)(=O)=O. The molecule has 1 atom stereocenters. The van der Waals surface area contributed by atoms with E-state index in [1.807, 2.05) is 6.92 Å². The molecule has 0 bridgehead atoms. The molecule has 0 aromatic heterocycles. The number of fused-ring (bicyclic) bond motifs is 1. The molecule has 1 heterocycles. The largest absolute Gasteiger partial charge is 0.486 e. The second-order valence-electron chi connectivity index (χ2n) is 8.56. The van der Waals surface area contributed by atoms with Gasteiger partial charge in [0.1, 0.15) is 19.3 Å². The molecule has 0 aliphatic carbocycles. The average Bonchev–Trinajstić information content (AvgIpc) is 2.86. The molecule has 0 radical (unpaired) electrons. The molecule has 2 aromatic rings. The van der Waals surface area contributed by atoms with Gasteiger partial charge in [0.25, 0.3) is 0 Å². The van der Waals surface area contributed by atoms with E-state index in [9.17, 15) is 18.0 Å². The Morgan fingerprint density at radius 3 is 2.41 bits per heavy atom. The van der Waals surface area contributed by atoms with Crippen molar-refractivity contribution in [3.63, 3.8) is 0 Å². The van der Waals surface area contributed by atoms with Crippen molar-refractivity contribution in [2.24, 2.45) is 0 Å². The number of rotatable bonds is 11. The summed E-state index contributed by atoms with van der Waals surface area (Å²) >= 11 is 12.3. The van der Waals surface area contributed by atoms with Gasteiger partial charge in [-0.25, -0.2) is 8.42 Å². The molecule has 0 saturated carbocycles. The van der Waals surface area contributed by atoms with Gasteiger partial charge in [0.2, 0.25) is 21.8 Å². The Balaban J connectivity index is 1.77. The summed E-state index contributed by atoms with van der Waals surface area (Å²) in [6.07, 6.45) is 1.76. The second-order valence-corrected chi connectivity index (χ2v) is 11.3. The third-order valence-electron chi connectivity index (χ3n) is 5.95. The summed E-state index contributed by atoms with van der Waals surface area (Å²) in [6, 6.07) is 9.18. The Kier molecular flexibility index (Phi) is 9.92. The topological polar surface area (TPSA) is 105 Å². The first kappa shape index (κ1) is 28.9. The van der Waals surface area contributed by atoms with Gasteiger partial charge in [-0.2, -0.15) is 0 Å². The highest BCUT2D eigenvalue weighted by Crippen LogP contribution is 2.35. The molecule has 2 aromatic carbocycles. The molecule has 0 unspecified atom stereocenters. The Bertz CT molecular complexity index is 1240. The number of hydrogen-bond acceptors (Lipinski definition) is 6. The number of carbonyl (C=O) groups excluding carboxylic acids is 2. The molecule has 1 aliphatic heterocycles. The zero-order valence-corrected chi connectivity index (χ0v) is 23.3. The number of nitrogens with zero attached hydrogens (tertiary/aromatic N) is 2. The van der Waals surface area contributed by atoms with E-state index < -0.39 is 16.1 Å². The van der Waals surface area contributed by atoms with E-state index in [4.69, 9.17) is 32.7 Å². The normalized spacial score (nSPS) is 13.5.